The van der Waals surface area contributed by atoms with Crippen molar-refractivity contribution < 1.29 is 14.6 Å². The van der Waals surface area contributed by atoms with E-state index < -0.39 is 5.97 Å². The first-order valence-corrected chi connectivity index (χ1v) is 6.62. The molecule has 0 amide bonds. The van der Waals surface area contributed by atoms with Gasteiger partial charge in [0.2, 0.25) is 0 Å². The molecule has 4 nitrogen and oxygen atoms in total. The third kappa shape index (κ3) is 4.99. The van der Waals surface area contributed by atoms with Gasteiger partial charge in [-0.25, -0.2) is 0 Å². The van der Waals surface area contributed by atoms with Crippen LogP contribution in [0.5, 0.6) is 5.75 Å². The monoisotopic (exact) mass is 285 g/mol. The Kier molecular flexibility index (Phi) is 5.96. The number of rotatable bonds is 7. The van der Waals surface area contributed by atoms with E-state index in [1.54, 1.807) is 13.2 Å². The number of benzene rings is 1. The van der Waals surface area contributed by atoms with Gasteiger partial charge in [0.25, 0.3) is 0 Å². The third-order valence-corrected chi connectivity index (χ3v) is 2.98. The van der Waals surface area contributed by atoms with Gasteiger partial charge in [0.15, 0.2) is 0 Å². The summed E-state index contributed by atoms with van der Waals surface area (Å²) in [7, 11) is 1.57. The Hall–Kier alpha value is -1.42. The summed E-state index contributed by atoms with van der Waals surface area (Å²) in [5, 5.41) is 9.34. The summed E-state index contributed by atoms with van der Waals surface area (Å²) in [6, 6.07) is 5.51. The molecule has 19 heavy (non-hydrogen) atoms. The number of hydrogen-bond donors (Lipinski definition) is 1. The summed E-state index contributed by atoms with van der Waals surface area (Å²) in [6.07, 6.45) is 0.108. The lowest BCUT2D eigenvalue weighted by Gasteiger charge is -2.26. The molecule has 1 N–H and O–H groups in total. The van der Waals surface area contributed by atoms with Crippen molar-refractivity contribution in [1.82, 2.24) is 0 Å². The average molecular weight is 286 g/mol. The van der Waals surface area contributed by atoms with E-state index in [2.05, 4.69) is 13.8 Å². The molecule has 0 saturated heterocycles. The zero-order valence-electron chi connectivity index (χ0n) is 11.5. The molecule has 0 aliphatic rings. The number of carboxylic acid groups (broad SMARTS) is 1. The van der Waals surface area contributed by atoms with Crippen LogP contribution in [0.2, 0.25) is 5.02 Å². The van der Waals surface area contributed by atoms with Crippen molar-refractivity contribution in [2.24, 2.45) is 5.92 Å². The number of methoxy groups -OCH3 is 1. The van der Waals surface area contributed by atoms with Crippen molar-refractivity contribution in [1.29, 1.82) is 0 Å². The fourth-order valence-electron chi connectivity index (χ4n) is 1.85. The van der Waals surface area contributed by atoms with Crippen LogP contribution in [-0.4, -0.2) is 31.3 Å². The van der Waals surface area contributed by atoms with Crippen LogP contribution in [-0.2, 0) is 4.79 Å². The van der Waals surface area contributed by atoms with Gasteiger partial charge in [-0.15, -0.1) is 0 Å². The molecule has 0 fully saturated rings. The topological polar surface area (TPSA) is 49.8 Å². The van der Waals surface area contributed by atoms with Crippen LogP contribution in [0.15, 0.2) is 18.2 Å². The first-order chi connectivity index (χ1) is 8.93. The van der Waals surface area contributed by atoms with E-state index in [4.69, 9.17) is 21.4 Å². The first-order valence-electron chi connectivity index (χ1n) is 6.24. The van der Waals surface area contributed by atoms with Crippen molar-refractivity contribution >= 4 is 23.3 Å². The minimum atomic E-state index is -0.798. The summed E-state index contributed by atoms with van der Waals surface area (Å²) in [6.45, 7) is 5.45. The molecule has 1 rings (SSSR count). The van der Waals surface area contributed by atoms with E-state index in [0.29, 0.717) is 23.2 Å². The fourth-order valence-corrected chi connectivity index (χ4v) is 2.10. The van der Waals surface area contributed by atoms with Crippen molar-refractivity contribution in [3.63, 3.8) is 0 Å². The second-order valence-corrected chi connectivity index (χ2v) is 5.21. The molecule has 0 aromatic heterocycles. The van der Waals surface area contributed by atoms with Crippen LogP contribution in [0.25, 0.3) is 0 Å². The molecule has 106 valence electrons. The van der Waals surface area contributed by atoms with Crippen LogP contribution in [0, 0.1) is 5.92 Å². The smallest absolute Gasteiger partial charge is 0.305 e. The van der Waals surface area contributed by atoms with E-state index in [1.165, 1.54) is 0 Å². The molecular weight excluding hydrogens is 266 g/mol. The first kappa shape index (κ1) is 15.6. The number of hydrogen-bond acceptors (Lipinski definition) is 3. The number of halogens is 1. The molecule has 0 radical (unpaired) electrons. The number of carboxylic acids is 1. The zero-order valence-corrected chi connectivity index (χ0v) is 12.3. The molecule has 0 bridgehead atoms. The maximum absolute atomic E-state index is 10.7. The number of ether oxygens (including phenoxy) is 1. The molecule has 5 heteroatoms. The largest absolute Gasteiger partial charge is 0.495 e. The SMILES string of the molecule is COc1ccc(N(CCC(=O)O)CC(C)C)cc1Cl. The van der Waals surface area contributed by atoms with Gasteiger partial charge in [-0.1, -0.05) is 25.4 Å². The number of aliphatic carboxylic acids is 1. The van der Waals surface area contributed by atoms with E-state index in [1.807, 2.05) is 17.0 Å². The molecule has 0 spiro atoms. The third-order valence-electron chi connectivity index (χ3n) is 2.68. The highest BCUT2D eigenvalue weighted by atomic mass is 35.5. The van der Waals surface area contributed by atoms with Crippen LogP contribution in [0.3, 0.4) is 0 Å². The van der Waals surface area contributed by atoms with Crippen molar-refractivity contribution in [3.05, 3.63) is 23.2 Å². The number of nitrogens with zero attached hydrogens (tertiary/aromatic N) is 1. The van der Waals surface area contributed by atoms with Gasteiger partial charge in [-0.2, -0.15) is 0 Å². The van der Waals surface area contributed by atoms with Crippen molar-refractivity contribution in [2.75, 3.05) is 25.1 Å². The molecule has 0 aliphatic heterocycles. The Labute approximate surface area is 118 Å². The molecule has 0 atom stereocenters. The predicted octanol–water partition coefficient (Wildman–Crippen LogP) is 3.29. The Balaban J connectivity index is 2.89. The fraction of sp³-hybridized carbons (Fsp3) is 0.500. The molecular formula is C14H20ClNO3. The van der Waals surface area contributed by atoms with E-state index in [9.17, 15) is 4.79 Å². The average Bonchev–Trinajstić information content (AvgIpc) is 2.33. The highest BCUT2D eigenvalue weighted by molar-refractivity contribution is 6.32. The summed E-state index contributed by atoms with van der Waals surface area (Å²) >= 11 is 6.10. The lowest BCUT2D eigenvalue weighted by atomic mass is 10.1. The minimum absolute atomic E-state index is 0.108. The van der Waals surface area contributed by atoms with Crippen LogP contribution in [0.4, 0.5) is 5.69 Å². The predicted molar refractivity (Wildman–Crippen MR) is 77.3 cm³/mol. The Bertz CT molecular complexity index is 435. The second kappa shape index (κ2) is 7.24. The molecule has 1 aromatic carbocycles. The summed E-state index contributed by atoms with van der Waals surface area (Å²) in [5.74, 6) is 0.260. The van der Waals surface area contributed by atoms with Gasteiger partial charge in [0, 0.05) is 18.8 Å². The second-order valence-electron chi connectivity index (χ2n) is 4.80. The maximum Gasteiger partial charge on any atom is 0.305 e. The van der Waals surface area contributed by atoms with Crippen molar-refractivity contribution in [3.8, 4) is 5.75 Å². The van der Waals surface area contributed by atoms with Gasteiger partial charge in [-0.3, -0.25) is 4.79 Å². The summed E-state index contributed by atoms with van der Waals surface area (Å²) in [4.78, 5) is 12.7. The van der Waals surface area contributed by atoms with Crippen molar-refractivity contribution in [2.45, 2.75) is 20.3 Å². The molecule has 0 heterocycles. The highest BCUT2D eigenvalue weighted by Crippen LogP contribution is 2.29. The van der Waals surface area contributed by atoms with Gasteiger partial charge in [0.1, 0.15) is 5.75 Å². The molecule has 1 aromatic rings. The van der Waals surface area contributed by atoms with Gasteiger partial charge < -0.3 is 14.7 Å². The van der Waals surface area contributed by atoms with Gasteiger partial charge in [0.05, 0.1) is 18.6 Å². The Morgan fingerprint density at radius 2 is 2.16 bits per heavy atom. The molecule has 0 saturated carbocycles. The number of carbonyl (C=O) groups is 1. The maximum atomic E-state index is 10.7. The minimum Gasteiger partial charge on any atom is -0.495 e. The Morgan fingerprint density at radius 1 is 1.47 bits per heavy atom. The van der Waals surface area contributed by atoms with Gasteiger partial charge >= 0.3 is 5.97 Å². The number of anilines is 1. The van der Waals surface area contributed by atoms with Gasteiger partial charge in [-0.05, 0) is 24.1 Å². The summed E-state index contributed by atoms with van der Waals surface area (Å²) < 4.78 is 5.11. The van der Waals surface area contributed by atoms with Crippen LogP contribution < -0.4 is 9.64 Å². The Morgan fingerprint density at radius 3 is 2.63 bits per heavy atom. The van der Waals surface area contributed by atoms with E-state index in [-0.39, 0.29) is 6.42 Å². The lowest BCUT2D eigenvalue weighted by molar-refractivity contribution is -0.136. The zero-order chi connectivity index (χ0) is 14.4. The van der Waals surface area contributed by atoms with Crippen LogP contribution in [0.1, 0.15) is 20.3 Å². The standard InChI is InChI=1S/C14H20ClNO3/c1-10(2)9-16(7-6-14(17)18)11-4-5-13(19-3)12(15)8-11/h4-5,8,10H,6-7,9H2,1-3H3,(H,17,18). The van der Waals surface area contributed by atoms with E-state index in [0.717, 1.165) is 12.2 Å². The normalized spacial score (nSPS) is 10.6. The van der Waals surface area contributed by atoms with E-state index >= 15 is 0 Å². The molecule has 0 aliphatic carbocycles. The quantitative estimate of drug-likeness (QED) is 0.835. The lowest BCUT2D eigenvalue weighted by Crippen LogP contribution is -2.30. The van der Waals surface area contributed by atoms with Crippen LogP contribution >= 0.6 is 11.6 Å². The summed E-state index contributed by atoms with van der Waals surface area (Å²) in [5.41, 5.74) is 0.917. The highest BCUT2D eigenvalue weighted by Gasteiger charge is 2.12. The molecule has 0 unspecified atom stereocenters.